The first-order valence-electron chi connectivity index (χ1n) is 7.06. The average Bonchev–Trinajstić information content (AvgIpc) is 3.04. The molecule has 0 unspecified atom stereocenters. The highest BCUT2D eigenvalue weighted by molar-refractivity contribution is 5.73. The smallest absolute Gasteiger partial charge is 0.416 e. The lowest BCUT2D eigenvalue weighted by molar-refractivity contribution is -0.138. The van der Waals surface area contributed by atoms with Crippen molar-refractivity contribution in [2.45, 2.75) is 19.3 Å². The highest BCUT2D eigenvalue weighted by Gasteiger charge is 2.33. The quantitative estimate of drug-likeness (QED) is 0.902. The SMILES string of the molecule is COc1ccc(CNC(=O)N(C)Cc2ccco2)c(C(F)(F)F)c1. The zero-order valence-corrected chi connectivity index (χ0v) is 13.2. The number of rotatable bonds is 5. The second kappa shape index (κ2) is 7.29. The molecule has 0 bridgehead atoms. The number of halogens is 3. The van der Waals surface area contributed by atoms with Crippen LogP contribution < -0.4 is 10.1 Å². The summed E-state index contributed by atoms with van der Waals surface area (Å²) in [6, 6.07) is 6.50. The molecule has 24 heavy (non-hydrogen) atoms. The fourth-order valence-corrected chi connectivity index (χ4v) is 2.11. The van der Waals surface area contributed by atoms with E-state index in [9.17, 15) is 18.0 Å². The Balaban J connectivity index is 2.04. The Morgan fingerprint density at radius 3 is 2.67 bits per heavy atom. The molecule has 1 N–H and O–H groups in total. The van der Waals surface area contributed by atoms with Crippen molar-refractivity contribution in [1.82, 2.24) is 10.2 Å². The van der Waals surface area contributed by atoms with Crippen molar-refractivity contribution >= 4 is 6.03 Å². The Bertz CT molecular complexity index is 684. The molecule has 0 aliphatic rings. The first kappa shape index (κ1) is 17.7. The van der Waals surface area contributed by atoms with Gasteiger partial charge in [0.25, 0.3) is 0 Å². The molecule has 2 aromatic rings. The van der Waals surface area contributed by atoms with E-state index in [1.165, 1.54) is 37.5 Å². The molecule has 0 fully saturated rings. The number of urea groups is 1. The third kappa shape index (κ3) is 4.43. The van der Waals surface area contributed by atoms with Crippen LogP contribution in [-0.2, 0) is 19.3 Å². The van der Waals surface area contributed by atoms with Gasteiger partial charge in [-0.3, -0.25) is 0 Å². The molecule has 5 nitrogen and oxygen atoms in total. The lowest BCUT2D eigenvalue weighted by Crippen LogP contribution is -2.36. The fraction of sp³-hybridized carbons (Fsp3) is 0.312. The summed E-state index contributed by atoms with van der Waals surface area (Å²) in [7, 11) is 2.82. The average molecular weight is 342 g/mol. The number of hydrogen-bond acceptors (Lipinski definition) is 3. The Labute approximate surface area is 137 Å². The molecule has 0 saturated carbocycles. The molecule has 0 saturated heterocycles. The first-order valence-corrected chi connectivity index (χ1v) is 7.06. The Hall–Kier alpha value is -2.64. The van der Waals surface area contributed by atoms with E-state index in [0.29, 0.717) is 5.76 Å². The maximum atomic E-state index is 13.1. The molecular weight excluding hydrogens is 325 g/mol. The van der Waals surface area contributed by atoms with Crippen LogP contribution in [0.15, 0.2) is 41.0 Å². The summed E-state index contributed by atoms with van der Waals surface area (Å²) in [6.45, 7) is -0.0340. The summed E-state index contributed by atoms with van der Waals surface area (Å²) in [5, 5.41) is 2.47. The largest absolute Gasteiger partial charge is 0.497 e. The minimum atomic E-state index is -4.53. The van der Waals surface area contributed by atoms with Crippen LogP contribution in [-0.4, -0.2) is 25.1 Å². The van der Waals surface area contributed by atoms with Gasteiger partial charge in [0.2, 0.25) is 0 Å². The van der Waals surface area contributed by atoms with Gasteiger partial charge in [-0.2, -0.15) is 13.2 Å². The van der Waals surface area contributed by atoms with E-state index in [1.807, 2.05) is 0 Å². The summed E-state index contributed by atoms with van der Waals surface area (Å²) in [5.41, 5.74) is -0.876. The number of hydrogen-bond donors (Lipinski definition) is 1. The number of ether oxygens (including phenoxy) is 1. The van der Waals surface area contributed by atoms with E-state index in [-0.39, 0.29) is 24.4 Å². The molecule has 8 heteroatoms. The maximum Gasteiger partial charge on any atom is 0.416 e. The number of nitrogens with zero attached hydrogens (tertiary/aromatic N) is 1. The molecule has 1 aromatic heterocycles. The second-order valence-electron chi connectivity index (χ2n) is 5.11. The van der Waals surface area contributed by atoms with Crippen molar-refractivity contribution in [1.29, 1.82) is 0 Å². The van der Waals surface area contributed by atoms with Gasteiger partial charge in [0.1, 0.15) is 11.5 Å². The van der Waals surface area contributed by atoms with Gasteiger partial charge in [-0.25, -0.2) is 4.79 Å². The van der Waals surface area contributed by atoms with Crippen molar-refractivity contribution in [3.8, 4) is 5.75 Å². The van der Waals surface area contributed by atoms with Gasteiger partial charge in [0.15, 0.2) is 0 Å². The van der Waals surface area contributed by atoms with E-state index < -0.39 is 17.8 Å². The van der Waals surface area contributed by atoms with Crippen molar-refractivity contribution in [3.63, 3.8) is 0 Å². The highest BCUT2D eigenvalue weighted by Crippen LogP contribution is 2.34. The molecule has 0 atom stereocenters. The predicted molar refractivity (Wildman–Crippen MR) is 80.4 cm³/mol. The third-order valence-electron chi connectivity index (χ3n) is 3.37. The zero-order valence-electron chi connectivity index (χ0n) is 13.2. The summed E-state index contributed by atoms with van der Waals surface area (Å²) in [5.74, 6) is 0.681. The summed E-state index contributed by atoms with van der Waals surface area (Å²) in [4.78, 5) is 13.3. The van der Waals surface area contributed by atoms with E-state index in [4.69, 9.17) is 9.15 Å². The second-order valence-corrected chi connectivity index (χ2v) is 5.11. The Kier molecular flexibility index (Phi) is 5.38. The Morgan fingerprint density at radius 1 is 1.33 bits per heavy atom. The number of amides is 2. The molecule has 1 aromatic carbocycles. The number of furan rings is 1. The van der Waals surface area contributed by atoms with Crippen molar-refractivity contribution < 1.29 is 27.1 Å². The van der Waals surface area contributed by atoms with Gasteiger partial charge in [-0.1, -0.05) is 6.07 Å². The van der Waals surface area contributed by atoms with Crippen molar-refractivity contribution in [2.24, 2.45) is 0 Å². The number of carbonyl (C=O) groups is 1. The highest BCUT2D eigenvalue weighted by atomic mass is 19.4. The lowest BCUT2D eigenvalue weighted by Gasteiger charge is -2.18. The minimum Gasteiger partial charge on any atom is -0.497 e. The molecule has 0 aliphatic carbocycles. The van der Waals surface area contributed by atoms with Crippen LogP contribution in [0.25, 0.3) is 0 Å². The zero-order chi connectivity index (χ0) is 17.7. The van der Waals surface area contributed by atoms with E-state index in [2.05, 4.69) is 5.32 Å². The van der Waals surface area contributed by atoms with Crippen LogP contribution in [0.4, 0.5) is 18.0 Å². The topological polar surface area (TPSA) is 54.7 Å². The molecule has 130 valence electrons. The maximum absolute atomic E-state index is 13.1. The monoisotopic (exact) mass is 342 g/mol. The number of nitrogens with one attached hydrogen (secondary N) is 1. The van der Waals surface area contributed by atoms with Crippen LogP contribution in [0.3, 0.4) is 0 Å². The number of benzene rings is 1. The van der Waals surface area contributed by atoms with Gasteiger partial charge >= 0.3 is 12.2 Å². The summed E-state index contributed by atoms with van der Waals surface area (Å²) in [6.07, 6.45) is -3.05. The van der Waals surface area contributed by atoms with Crippen LogP contribution in [0.5, 0.6) is 5.75 Å². The molecule has 2 amide bonds. The molecule has 2 rings (SSSR count). The minimum absolute atomic E-state index is 0.0388. The predicted octanol–water partition coefficient (Wildman–Crippen LogP) is 3.65. The van der Waals surface area contributed by atoms with E-state index in [1.54, 1.807) is 12.1 Å². The molecule has 1 heterocycles. The van der Waals surface area contributed by atoms with Crippen molar-refractivity contribution in [2.75, 3.05) is 14.2 Å². The fourth-order valence-electron chi connectivity index (χ4n) is 2.11. The van der Waals surface area contributed by atoms with Gasteiger partial charge in [-0.15, -0.1) is 0 Å². The van der Waals surface area contributed by atoms with Gasteiger partial charge in [0, 0.05) is 13.6 Å². The van der Waals surface area contributed by atoms with E-state index in [0.717, 1.165) is 6.07 Å². The summed E-state index contributed by atoms with van der Waals surface area (Å²) >= 11 is 0. The van der Waals surface area contributed by atoms with Crippen LogP contribution in [0, 0.1) is 0 Å². The van der Waals surface area contributed by atoms with E-state index >= 15 is 0 Å². The third-order valence-corrected chi connectivity index (χ3v) is 3.37. The Morgan fingerprint density at radius 2 is 2.08 bits per heavy atom. The summed E-state index contributed by atoms with van der Waals surface area (Å²) < 4.78 is 49.3. The van der Waals surface area contributed by atoms with Crippen LogP contribution in [0.2, 0.25) is 0 Å². The van der Waals surface area contributed by atoms with Crippen LogP contribution >= 0.6 is 0 Å². The number of carbonyl (C=O) groups excluding carboxylic acids is 1. The van der Waals surface area contributed by atoms with Crippen molar-refractivity contribution in [3.05, 3.63) is 53.5 Å². The molecule has 0 spiro atoms. The van der Waals surface area contributed by atoms with Gasteiger partial charge < -0.3 is 19.4 Å². The van der Waals surface area contributed by atoms with Gasteiger partial charge in [0.05, 0.1) is 25.5 Å². The normalized spacial score (nSPS) is 11.2. The number of methoxy groups -OCH3 is 1. The number of alkyl halides is 3. The van der Waals surface area contributed by atoms with Gasteiger partial charge in [-0.05, 0) is 29.8 Å². The van der Waals surface area contributed by atoms with Crippen LogP contribution in [0.1, 0.15) is 16.9 Å². The molecule has 0 aliphatic heterocycles. The molecule has 0 radical (unpaired) electrons. The standard InChI is InChI=1S/C16H17F3N2O3/c1-21(10-13-4-3-7-24-13)15(22)20-9-11-5-6-12(23-2)8-14(11)16(17,18)19/h3-8H,9-10H2,1-2H3,(H,20,22). The lowest BCUT2D eigenvalue weighted by atomic mass is 10.1. The first-order chi connectivity index (χ1) is 11.3. The molecular formula is C16H17F3N2O3.